The third-order valence-electron chi connectivity index (χ3n) is 4.68. The lowest BCUT2D eigenvalue weighted by Gasteiger charge is -2.34. The molecule has 0 radical (unpaired) electrons. The van der Waals surface area contributed by atoms with E-state index in [1.54, 1.807) is 22.7 Å². The Balaban J connectivity index is 0.00000182. The first kappa shape index (κ1) is 18.6. The number of nitrogens with zero attached hydrogens (tertiary/aromatic N) is 2. The smallest absolute Gasteiger partial charge is 0.264 e. The molecular formula is C17H22ClN3O2S2. The molecule has 0 bridgehead atoms. The second-order valence-electron chi connectivity index (χ2n) is 6.51. The van der Waals surface area contributed by atoms with Gasteiger partial charge in [0.1, 0.15) is 0 Å². The van der Waals surface area contributed by atoms with E-state index in [4.69, 9.17) is 0 Å². The van der Waals surface area contributed by atoms with Gasteiger partial charge in [-0.3, -0.25) is 9.59 Å². The minimum absolute atomic E-state index is 0. The normalized spacial score (nSPS) is 17.6. The third-order valence-corrected chi connectivity index (χ3v) is 6.76. The van der Waals surface area contributed by atoms with Gasteiger partial charge in [-0.05, 0) is 42.8 Å². The summed E-state index contributed by atoms with van der Waals surface area (Å²) in [6.07, 6.45) is 2.59. The molecule has 0 unspecified atom stereocenters. The van der Waals surface area contributed by atoms with Crippen LogP contribution in [0.5, 0.6) is 0 Å². The van der Waals surface area contributed by atoms with Gasteiger partial charge in [-0.2, -0.15) is 0 Å². The fourth-order valence-electron chi connectivity index (χ4n) is 3.00. The summed E-state index contributed by atoms with van der Waals surface area (Å²) in [4.78, 5) is 29.4. The fraction of sp³-hybridized carbons (Fsp3) is 0.529. The molecule has 136 valence electrons. The Hall–Kier alpha value is -1.15. The predicted octanol–water partition coefficient (Wildman–Crippen LogP) is 2.67. The van der Waals surface area contributed by atoms with E-state index in [-0.39, 0.29) is 24.2 Å². The van der Waals surface area contributed by atoms with Gasteiger partial charge in [0.25, 0.3) is 5.91 Å². The molecule has 2 fully saturated rings. The lowest BCUT2D eigenvalue weighted by Crippen LogP contribution is -2.52. The monoisotopic (exact) mass is 399 g/mol. The first-order valence-corrected chi connectivity index (χ1v) is 10.1. The third kappa shape index (κ3) is 4.34. The van der Waals surface area contributed by atoms with E-state index in [1.165, 1.54) is 22.2 Å². The number of carbonyl (C=O) groups is 2. The molecular weight excluding hydrogens is 378 g/mol. The molecule has 5 nitrogen and oxygen atoms in total. The van der Waals surface area contributed by atoms with Crippen molar-refractivity contribution in [2.75, 3.05) is 39.3 Å². The Labute approximate surface area is 161 Å². The van der Waals surface area contributed by atoms with Crippen molar-refractivity contribution in [3.8, 4) is 0 Å². The molecule has 0 aromatic carbocycles. The summed E-state index contributed by atoms with van der Waals surface area (Å²) in [5, 5.41) is 5.30. The van der Waals surface area contributed by atoms with Crippen LogP contribution in [0.4, 0.5) is 0 Å². The first-order valence-electron chi connectivity index (χ1n) is 8.45. The molecule has 3 heterocycles. The molecule has 1 N–H and O–H groups in total. The summed E-state index contributed by atoms with van der Waals surface area (Å²) in [7, 11) is 0. The van der Waals surface area contributed by atoms with Crippen LogP contribution in [0.2, 0.25) is 0 Å². The maximum Gasteiger partial charge on any atom is 0.264 e. The van der Waals surface area contributed by atoms with Gasteiger partial charge in [0, 0.05) is 35.6 Å². The molecule has 1 saturated carbocycles. The molecule has 8 heteroatoms. The molecule has 25 heavy (non-hydrogen) atoms. The van der Waals surface area contributed by atoms with Gasteiger partial charge >= 0.3 is 0 Å². The Morgan fingerprint density at radius 3 is 2.52 bits per heavy atom. The lowest BCUT2D eigenvalue weighted by atomic mass is 10.3. The van der Waals surface area contributed by atoms with Gasteiger partial charge in [-0.25, -0.2) is 0 Å². The number of rotatable bonds is 5. The molecule has 2 amide bonds. The van der Waals surface area contributed by atoms with Crippen molar-refractivity contribution in [1.29, 1.82) is 0 Å². The zero-order chi connectivity index (χ0) is 16.5. The lowest BCUT2D eigenvalue weighted by molar-refractivity contribution is -0.131. The van der Waals surface area contributed by atoms with E-state index in [9.17, 15) is 9.59 Å². The number of nitrogens with one attached hydrogen (secondary N) is 1. The van der Waals surface area contributed by atoms with Crippen LogP contribution < -0.4 is 5.32 Å². The van der Waals surface area contributed by atoms with Gasteiger partial charge in [-0.15, -0.1) is 35.1 Å². The van der Waals surface area contributed by atoms with Crippen LogP contribution in [0.15, 0.2) is 17.5 Å². The van der Waals surface area contributed by atoms with Crippen molar-refractivity contribution in [2.45, 2.75) is 12.8 Å². The van der Waals surface area contributed by atoms with Crippen LogP contribution >= 0.6 is 35.1 Å². The van der Waals surface area contributed by atoms with Gasteiger partial charge in [0.2, 0.25) is 5.91 Å². The molecule has 2 aromatic rings. The molecule has 1 aliphatic heterocycles. The average Bonchev–Trinajstić information content (AvgIpc) is 3.16. The highest BCUT2D eigenvalue weighted by Crippen LogP contribution is 2.31. The van der Waals surface area contributed by atoms with Gasteiger partial charge < -0.3 is 15.1 Å². The number of hydrogen-bond donors (Lipinski definition) is 1. The molecule has 4 rings (SSSR count). The van der Waals surface area contributed by atoms with Crippen LogP contribution in [-0.2, 0) is 4.79 Å². The maximum absolute atomic E-state index is 12.6. The number of hydrogen-bond acceptors (Lipinski definition) is 5. The van der Waals surface area contributed by atoms with E-state index < -0.39 is 0 Å². The minimum atomic E-state index is 0. The number of amides is 2. The summed E-state index contributed by atoms with van der Waals surface area (Å²) in [5.41, 5.74) is 0. The van der Waals surface area contributed by atoms with Crippen molar-refractivity contribution >= 4 is 56.3 Å². The zero-order valence-electron chi connectivity index (χ0n) is 13.9. The molecule has 0 atom stereocenters. The van der Waals surface area contributed by atoms with Crippen LogP contribution in [0.3, 0.4) is 0 Å². The average molecular weight is 400 g/mol. The van der Waals surface area contributed by atoms with E-state index in [0.29, 0.717) is 32.7 Å². The number of carbonyl (C=O) groups excluding carboxylic acids is 2. The molecule has 2 aromatic heterocycles. The predicted molar refractivity (Wildman–Crippen MR) is 105 cm³/mol. The molecule has 0 spiro atoms. The van der Waals surface area contributed by atoms with Crippen LogP contribution in [0.25, 0.3) is 9.40 Å². The molecule has 1 aliphatic carbocycles. The van der Waals surface area contributed by atoms with Crippen molar-refractivity contribution in [1.82, 2.24) is 15.1 Å². The Kier molecular flexibility index (Phi) is 5.99. The molecule has 2 aliphatic rings. The fourth-order valence-corrected chi connectivity index (χ4v) is 5.08. The van der Waals surface area contributed by atoms with E-state index in [1.807, 2.05) is 15.9 Å². The van der Waals surface area contributed by atoms with Gasteiger partial charge in [0.05, 0.1) is 11.4 Å². The summed E-state index contributed by atoms with van der Waals surface area (Å²) in [6.45, 7) is 3.90. The SMILES string of the molecule is Cl.O=C(CNCC1CC1)N1CCN(C(=O)c2cc3sccc3s2)CC1. The van der Waals surface area contributed by atoms with E-state index >= 15 is 0 Å². The van der Waals surface area contributed by atoms with Gasteiger partial charge in [-0.1, -0.05) is 0 Å². The second-order valence-corrected chi connectivity index (χ2v) is 8.54. The highest BCUT2D eigenvalue weighted by atomic mass is 35.5. The highest BCUT2D eigenvalue weighted by molar-refractivity contribution is 7.27. The number of piperazine rings is 1. The Bertz CT molecular complexity index is 719. The maximum atomic E-state index is 12.6. The Morgan fingerprint density at radius 2 is 1.84 bits per heavy atom. The second kappa shape index (κ2) is 8.03. The molecule has 1 saturated heterocycles. The van der Waals surface area contributed by atoms with Crippen LogP contribution in [-0.4, -0.2) is 60.9 Å². The van der Waals surface area contributed by atoms with E-state index in [2.05, 4.69) is 16.8 Å². The number of thiophene rings is 2. The van der Waals surface area contributed by atoms with Crippen LogP contribution in [0.1, 0.15) is 22.5 Å². The summed E-state index contributed by atoms with van der Waals surface area (Å²) in [5.74, 6) is 1.04. The van der Waals surface area contributed by atoms with E-state index in [0.717, 1.165) is 17.3 Å². The summed E-state index contributed by atoms with van der Waals surface area (Å²) < 4.78 is 2.36. The summed E-state index contributed by atoms with van der Waals surface area (Å²) >= 11 is 3.23. The van der Waals surface area contributed by atoms with Crippen LogP contribution in [0, 0.1) is 5.92 Å². The standard InChI is InChI=1S/C17H21N3O2S2.ClH/c21-16(11-18-10-12-1-2-12)19-4-6-20(7-5-19)17(22)15-9-14-13(24-15)3-8-23-14;/h3,8-9,12,18H,1-2,4-7,10-11H2;1H. The Morgan fingerprint density at radius 1 is 1.12 bits per heavy atom. The number of halogens is 1. The van der Waals surface area contributed by atoms with Crippen molar-refractivity contribution < 1.29 is 9.59 Å². The van der Waals surface area contributed by atoms with Crippen molar-refractivity contribution in [2.24, 2.45) is 5.92 Å². The van der Waals surface area contributed by atoms with Crippen molar-refractivity contribution in [3.63, 3.8) is 0 Å². The first-order chi connectivity index (χ1) is 11.7. The topological polar surface area (TPSA) is 52.7 Å². The quantitative estimate of drug-likeness (QED) is 0.840. The number of fused-ring (bicyclic) bond motifs is 1. The minimum Gasteiger partial charge on any atom is -0.338 e. The summed E-state index contributed by atoms with van der Waals surface area (Å²) in [6, 6.07) is 4.05. The largest absolute Gasteiger partial charge is 0.338 e. The van der Waals surface area contributed by atoms with Crippen molar-refractivity contribution in [3.05, 3.63) is 22.4 Å². The zero-order valence-corrected chi connectivity index (χ0v) is 16.4. The van der Waals surface area contributed by atoms with Gasteiger partial charge in [0.15, 0.2) is 0 Å². The highest BCUT2D eigenvalue weighted by Gasteiger charge is 2.26.